The van der Waals surface area contributed by atoms with Crippen LogP contribution in [0.3, 0.4) is 0 Å². The van der Waals surface area contributed by atoms with Gasteiger partial charge in [-0.2, -0.15) is 0 Å². The van der Waals surface area contributed by atoms with Gasteiger partial charge in [0.2, 0.25) is 5.91 Å². The van der Waals surface area contributed by atoms with Gasteiger partial charge in [-0.1, -0.05) is 48.5 Å². The van der Waals surface area contributed by atoms with Crippen LogP contribution < -0.4 is 5.32 Å². The second-order valence-corrected chi connectivity index (χ2v) is 6.52. The largest absolute Gasteiger partial charge is 0.350 e. The maximum absolute atomic E-state index is 12.7. The molecule has 0 aliphatic rings. The molecule has 4 nitrogen and oxygen atoms in total. The highest BCUT2D eigenvalue weighted by Gasteiger charge is 2.19. The van der Waals surface area contributed by atoms with Crippen molar-refractivity contribution in [2.24, 2.45) is 0 Å². The summed E-state index contributed by atoms with van der Waals surface area (Å²) in [5.74, 6) is 0.00675. The molecule has 1 atom stereocenters. The van der Waals surface area contributed by atoms with E-state index in [2.05, 4.69) is 45.2 Å². The summed E-state index contributed by atoms with van der Waals surface area (Å²) in [6, 6.07) is 24.2. The van der Waals surface area contributed by atoms with Crippen molar-refractivity contribution in [2.45, 2.75) is 19.0 Å². The highest BCUT2D eigenvalue weighted by atomic mass is 16.1. The summed E-state index contributed by atoms with van der Waals surface area (Å²) in [5.41, 5.74) is 2.01. The van der Waals surface area contributed by atoms with E-state index in [4.69, 9.17) is 0 Å². The van der Waals surface area contributed by atoms with Crippen molar-refractivity contribution in [3.8, 4) is 0 Å². The highest BCUT2D eigenvalue weighted by molar-refractivity contribution is 5.87. The lowest BCUT2D eigenvalue weighted by atomic mass is 9.96. The number of fused-ring (bicyclic) bond motifs is 1. The van der Waals surface area contributed by atoms with Gasteiger partial charge in [0.25, 0.3) is 0 Å². The van der Waals surface area contributed by atoms with Crippen molar-refractivity contribution in [3.05, 3.63) is 103 Å². The van der Waals surface area contributed by atoms with Crippen molar-refractivity contribution in [3.63, 3.8) is 0 Å². The van der Waals surface area contributed by atoms with Gasteiger partial charge in [0, 0.05) is 18.6 Å². The highest BCUT2D eigenvalue weighted by Crippen LogP contribution is 2.29. The van der Waals surface area contributed by atoms with Crippen molar-refractivity contribution >= 4 is 16.7 Å². The van der Waals surface area contributed by atoms with Gasteiger partial charge in [-0.15, -0.1) is 0 Å². The number of aromatic nitrogens is 2. The predicted octanol–water partition coefficient (Wildman–Crippen LogP) is 4.33. The van der Waals surface area contributed by atoms with Crippen LogP contribution in [0, 0.1) is 0 Å². The maximum atomic E-state index is 12.7. The Kier molecular flexibility index (Phi) is 4.97. The summed E-state index contributed by atoms with van der Waals surface area (Å²) in [6.07, 6.45) is 6.13. The zero-order chi connectivity index (χ0) is 18.5. The number of carbonyl (C=O) groups excluding carboxylic acids is 1. The van der Waals surface area contributed by atoms with E-state index < -0.39 is 0 Å². The van der Waals surface area contributed by atoms with Crippen molar-refractivity contribution in [1.82, 2.24) is 14.9 Å². The molecule has 2 aromatic heterocycles. The summed E-state index contributed by atoms with van der Waals surface area (Å²) in [7, 11) is 0. The third kappa shape index (κ3) is 3.90. The molecule has 1 unspecified atom stereocenters. The van der Waals surface area contributed by atoms with Gasteiger partial charge in [0.05, 0.1) is 24.7 Å². The molecule has 2 heterocycles. The summed E-state index contributed by atoms with van der Waals surface area (Å²) < 4.78 is 2.10. The fourth-order valence-electron chi connectivity index (χ4n) is 3.41. The van der Waals surface area contributed by atoms with Crippen LogP contribution in [-0.4, -0.2) is 15.5 Å². The SMILES string of the molecule is O=C(CC(c1cccc2ccccc12)n1cccc1)NCc1ccccn1. The molecule has 134 valence electrons. The Morgan fingerprint density at radius 2 is 1.70 bits per heavy atom. The van der Waals surface area contributed by atoms with E-state index in [0.717, 1.165) is 11.3 Å². The first-order chi connectivity index (χ1) is 13.3. The molecule has 2 aromatic carbocycles. The molecule has 0 saturated carbocycles. The first-order valence-electron chi connectivity index (χ1n) is 9.08. The van der Waals surface area contributed by atoms with Crippen LogP contribution in [0.15, 0.2) is 91.4 Å². The van der Waals surface area contributed by atoms with E-state index in [1.807, 2.05) is 54.9 Å². The van der Waals surface area contributed by atoms with Gasteiger partial charge < -0.3 is 9.88 Å². The minimum absolute atomic E-state index is 0.00675. The van der Waals surface area contributed by atoms with Gasteiger partial charge in [0.15, 0.2) is 0 Å². The van der Waals surface area contributed by atoms with Gasteiger partial charge in [-0.25, -0.2) is 0 Å². The normalized spacial score (nSPS) is 12.0. The predicted molar refractivity (Wildman–Crippen MR) is 107 cm³/mol. The Balaban J connectivity index is 1.59. The number of nitrogens with one attached hydrogen (secondary N) is 1. The number of hydrogen-bond donors (Lipinski definition) is 1. The molecule has 1 N–H and O–H groups in total. The Hall–Kier alpha value is -3.40. The van der Waals surface area contributed by atoms with Crippen LogP contribution in [0.25, 0.3) is 10.8 Å². The van der Waals surface area contributed by atoms with E-state index >= 15 is 0 Å². The zero-order valence-corrected chi connectivity index (χ0v) is 15.0. The summed E-state index contributed by atoms with van der Waals surface area (Å²) >= 11 is 0. The van der Waals surface area contributed by atoms with Crippen LogP contribution in [0.4, 0.5) is 0 Å². The Bertz CT molecular complexity index is 1020. The van der Waals surface area contributed by atoms with Gasteiger partial charge in [-0.05, 0) is 40.6 Å². The lowest BCUT2D eigenvalue weighted by Crippen LogP contribution is -2.26. The number of rotatable bonds is 6. The molecule has 27 heavy (non-hydrogen) atoms. The topological polar surface area (TPSA) is 46.9 Å². The van der Waals surface area contributed by atoms with Crippen LogP contribution in [0.1, 0.15) is 23.7 Å². The number of carbonyl (C=O) groups is 1. The van der Waals surface area contributed by atoms with E-state index in [-0.39, 0.29) is 11.9 Å². The van der Waals surface area contributed by atoms with Crippen molar-refractivity contribution in [1.29, 1.82) is 0 Å². The van der Waals surface area contributed by atoms with Crippen LogP contribution >= 0.6 is 0 Å². The second-order valence-electron chi connectivity index (χ2n) is 6.52. The molecule has 0 saturated heterocycles. The summed E-state index contributed by atoms with van der Waals surface area (Å²) in [6.45, 7) is 0.438. The number of hydrogen-bond acceptors (Lipinski definition) is 2. The monoisotopic (exact) mass is 355 g/mol. The molecule has 4 aromatic rings. The van der Waals surface area contributed by atoms with E-state index in [1.54, 1.807) is 6.20 Å². The molecule has 0 bridgehead atoms. The molecule has 1 amide bonds. The molecule has 0 aliphatic carbocycles. The van der Waals surface area contributed by atoms with Gasteiger partial charge in [0.1, 0.15) is 0 Å². The van der Waals surface area contributed by atoms with Crippen LogP contribution in [-0.2, 0) is 11.3 Å². The quantitative estimate of drug-likeness (QED) is 0.559. The molecule has 0 aliphatic heterocycles. The minimum Gasteiger partial charge on any atom is -0.350 e. The van der Waals surface area contributed by atoms with Crippen LogP contribution in [0.2, 0.25) is 0 Å². The average molecular weight is 355 g/mol. The van der Waals surface area contributed by atoms with E-state index in [0.29, 0.717) is 13.0 Å². The molecule has 0 radical (unpaired) electrons. The molecular weight excluding hydrogens is 334 g/mol. The lowest BCUT2D eigenvalue weighted by Gasteiger charge is -2.21. The van der Waals surface area contributed by atoms with E-state index in [9.17, 15) is 4.79 Å². The standard InChI is InChI=1S/C23H21N3O/c27-23(25-17-19-10-3-4-13-24-19)16-22(26-14-5-6-15-26)21-12-7-9-18-8-1-2-11-20(18)21/h1-15,22H,16-17H2,(H,25,27). The third-order valence-corrected chi connectivity index (χ3v) is 4.74. The first-order valence-corrected chi connectivity index (χ1v) is 9.08. The molecule has 4 heteroatoms. The molecule has 4 rings (SSSR count). The van der Waals surface area contributed by atoms with Crippen molar-refractivity contribution < 1.29 is 4.79 Å². The van der Waals surface area contributed by atoms with E-state index in [1.165, 1.54) is 10.8 Å². The minimum atomic E-state index is -0.0603. The molecular formula is C23H21N3O. The summed E-state index contributed by atoms with van der Waals surface area (Å²) in [4.78, 5) is 16.9. The smallest absolute Gasteiger partial charge is 0.222 e. The molecule has 0 spiro atoms. The summed E-state index contributed by atoms with van der Waals surface area (Å²) in [5, 5.41) is 5.35. The fourth-order valence-corrected chi connectivity index (χ4v) is 3.41. The fraction of sp³-hybridized carbons (Fsp3) is 0.130. The number of benzene rings is 2. The average Bonchev–Trinajstić information content (AvgIpc) is 3.25. The second kappa shape index (κ2) is 7.87. The number of nitrogens with zero attached hydrogens (tertiary/aromatic N) is 2. The number of pyridine rings is 1. The number of amides is 1. The lowest BCUT2D eigenvalue weighted by molar-refractivity contribution is -0.121. The zero-order valence-electron chi connectivity index (χ0n) is 15.0. The van der Waals surface area contributed by atoms with Gasteiger partial charge in [-0.3, -0.25) is 9.78 Å². The van der Waals surface area contributed by atoms with Crippen LogP contribution in [0.5, 0.6) is 0 Å². The Morgan fingerprint density at radius 1 is 0.926 bits per heavy atom. The maximum Gasteiger partial charge on any atom is 0.222 e. The Labute approximate surface area is 158 Å². The van der Waals surface area contributed by atoms with Gasteiger partial charge >= 0.3 is 0 Å². The van der Waals surface area contributed by atoms with Crippen molar-refractivity contribution in [2.75, 3.05) is 0 Å². The molecule has 0 fully saturated rings. The first kappa shape index (κ1) is 17.0. The third-order valence-electron chi connectivity index (χ3n) is 4.74. The Morgan fingerprint density at radius 3 is 2.52 bits per heavy atom.